The lowest BCUT2D eigenvalue weighted by molar-refractivity contribution is -0.118. The molecular weight excluding hydrogens is 449 g/mol. The fourth-order valence-corrected chi connectivity index (χ4v) is 5.84. The maximum absolute atomic E-state index is 14.7. The van der Waals surface area contributed by atoms with E-state index in [1.54, 1.807) is 18.2 Å². The van der Waals surface area contributed by atoms with Crippen molar-refractivity contribution in [1.29, 1.82) is 0 Å². The maximum Gasteiger partial charge on any atom is 0.245 e. The van der Waals surface area contributed by atoms with E-state index in [4.69, 9.17) is 11.6 Å². The quantitative estimate of drug-likeness (QED) is 0.676. The van der Waals surface area contributed by atoms with Crippen LogP contribution in [0.25, 0.3) is 6.08 Å². The molecule has 0 bridgehead atoms. The predicted molar refractivity (Wildman–Crippen MR) is 118 cm³/mol. The molecule has 1 aromatic carbocycles. The molecule has 0 radical (unpaired) electrons. The summed E-state index contributed by atoms with van der Waals surface area (Å²) in [6.45, 7) is 1.16. The highest BCUT2D eigenvalue weighted by Gasteiger charge is 2.36. The largest absolute Gasteiger partial charge is 0.310 e. The van der Waals surface area contributed by atoms with Crippen molar-refractivity contribution in [2.24, 2.45) is 0 Å². The molecule has 0 saturated carbocycles. The van der Waals surface area contributed by atoms with E-state index in [0.29, 0.717) is 9.21 Å². The number of hydrogen-bond donors (Lipinski definition) is 2. The number of amides is 1. The van der Waals surface area contributed by atoms with E-state index in [-0.39, 0.29) is 24.7 Å². The van der Waals surface area contributed by atoms with Crippen molar-refractivity contribution in [1.82, 2.24) is 10.0 Å². The van der Waals surface area contributed by atoms with Crippen LogP contribution >= 0.6 is 22.9 Å². The lowest BCUT2D eigenvalue weighted by Gasteiger charge is -2.19. The van der Waals surface area contributed by atoms with Gasteiger partial charge in [0.2, 0.25) is 15.9 Å². The Bertz CT molecular complexity index is 1080. The van der Waals surface area contributed by atoms with E-state index in [0.717, 1.165) is 30.4 Å². The standard InChI is InChI=1S/C20H21ClFN3O3S2/c21-19-6-4-14(29-19)8-11-30(27,28)24-17-7-10-25(20(17)26)18-5-3-13(12-15(18)22)16-2-1-9-23-16/h3-6,8,11-12,16-17,23-24H,1-2,7,9-10H2/b11-8+/t16-,17+/m1/s1. The minimum atomic E-state index is -3.84. The fourth-order valence-electron chi connectivity index (χ4n) is 3.77. The fraction of sp³-hybridized carbons (Fsp3) is 0.350. The number of rotatable bonds is 6. The molecule has 1 amide bonds. The van der Waals surface area contributed by atoms with E-state index < -0.39 is 27.8 Å². The summed E-state index contributed by atoms with van der Waals surface area (Å²) in [6, 6.07) is 7.45. The van der Waals surface area contributed by atoms with Gasteiger partial charge in [0.05, 0.1) is 10.0 Å². The average Bonchev–Trinajstić information content (AvgIpc) is 3.44. The van der Waals surface area contributed by atoms with Crippen molar-refractivity contribution >= 4 is 50.6 Å². The van der Waals surface area contributed by atoms with Gasteiger partial charge in [0, 0.05) is 22.9 Å². The number of nitrogens with one attached hydrogen (secondary N) is 2. The van der Waals surface area contributed by atoms with Crippen LogP contribution in [0.4, 0.5) is 10.1 Å². The third-order valence-corrected chi connectivity index (χ3v) is 7.55. The van der Waals surface area contributed by atoms with Gasteiger partial charge in [0.15, 0.2) is 0 Å². The highest BCUT2D eigenvalue weighted by atomic mass is 35.5. The molecule has 160 valence electrons. The summed E-state index contributed by atoms with van der Waals surface area (Å²) < 4.78 is 42.3. The number of carbonyl (C=O) groups is 1. The molecule has 0 aliphatic carbocycles. The van der Waals surface area contributed by atoms with Crippen LogP contribution in [-0.4, -0.2) is 33.5 Å². The molecule has 4 rings (SSSR count). The van der Waals surface area contributed by atoms with Gasteiger partial charge in [-0.3, -0.25) is 4.79 Å². The van der Waals surface area contributed by atoms with E-state index in [1.165, 1.54) is 28.4 Å². The van der Waals surface area contributed by atoms with Crippen LogP contribution in [0.2, 0.25) is 4.34 Å². The van der Waals surface area contributed by atoms with Gasteiger partial charge in [-0.15, -0.1) is 11.3 Å². The van der Waals surface area contributed by atoms with Crippen LogP contribution in [0.1, 0.15) is 35.7 Å². The Morgan fingerprint density at radius 3 is 2.77 bits per heavy atom. The zero-order valence-electron chi connectivity index (χ0n) is 16.0. The summed E-state index contributed by atoms with van der Waals surface area (Å²) in [5.41, 5.74) is 1.03. The molecule has 2 N–H and O–H groups in total. The summed E-state index contributed by atoms with van der Waals surface area (Å²) in [4.78, 5) is 14.7. The molecule has 2 atom stereocenters. The lowest BCUT2D eigenvalue weighted by atomic mass is 10.0. The van der Waals surface area contributed by atoms with Crippen LogP contribution in [0.3, 0.4) is 0 Å². The third kappa shape index (κ3) is 4.76. The third-order valence-electron chi connectivity index (χ3n) is 5.24. The summed E-state index contributed by atoms with van der Waals surface area (Å²) in [6.07, 6.45) is 3.69. The van der Waals surface area contributed by atoms with Crippen molar-refractivity contribution in [2.75, 3.05) is 18.0 Å². The van der Waals surface area contributed by atoms with Crippen LogP contribution in [0.15, 0.2) is 35.7 Å². The number of thiophene rings is 1. The van der Waals surface area contributed by atoms with Gasteiger partial charge in [-0.25, -0.2) is 12.8 Å². The predicted octanol–water partition coefficient (Wildman–Crippen LogP) is 3.66. The Labute approximate surface area is 183 Å². The molecule has 0 spiro atoms. The first-order valence-corrected chi connectivity index (χ1v) is 12.4. The zero-order valence-corrected chi connectivity index (χ0v) is 18.4. The first kappa shape index (κ1) is 21.5. The molecule has 2 aromatic rings. The van der Waals surface area contributed by atoms with Gasteiger partial charge < -0.3 is 10.2 Å². The number of anilines is 1. The van der Waals surface area contributed by atoms with Gasteiger partial charge in [-0.05, 0) is 61.7 Å². The number of carbonyl (C=O) groups excluding carboxylic acids is 1. The SMILES string of the molecule is O=C1[C@@H](NS(=O)(=O)/C=C/c2ccc(Cl)s2)CCN1c1ccc([C@H]2CCCN2)cc1F. The Kier molecular flexibility index (Phi) is 6.26. The molecule has 2 fully saturated rings. The van der Waals surface area contributed by atoms with Gasteiger partial charge in [-0.2, -0.15) is 4.72 Å². The molecule has 2 saturated heterocycles. The van der Waals surface area contributed by atoms with Crippen LogP contribution in [0, 0.1) is 5.82 Å². The Morgan fingerprint density at radius 1 is 1.27 bits per heavy atom. The van der Waals surface area contributed by atoms with Crippen molar-refractivity contribution in [3.8, 4) is 0 Å². The van der Waals surface area contributed by atoms with E-state index in [9.17, 15) is 17.6 Å². The number of nitrogens with zero attached hydrogens (tertiary/aromatic N) is 1. The van der Waals surface area contributed by atoms with Crippen molar-refractivity contribution in [3.05, 3.63) is 56.3 Å². The smallest absolute Gasteiger partial charge is 0.245 e. The molecular formula is C20H21ClFN3O3S2. The summed E-state index contributed by atoms with van der Waals surface area (Å²) >= 11 is 7.08. The van der Waals surface area contributed by atoms with Crippen molar-refractivity contribution in [3.63, 3.8) is 0 Å². The van der Waals surface area contributed by atoms with E-state index >= 15 is 0 Å². The summed E-state index contributed by atoms with van der Waals surface area (Å²) in [7, 11) is -3.84. The minimum Gasteiger partial charge on any atom is -0.310 e. The van der Waals surface area contributed by atoms with Gasteiger partial charge in [-0.1, -0.05) is 17.7 Å². The van der Waals surface area contributed by atoms with E-state index in [1.807, 2.05) is 6.07 Å². The molecule has 2 aliphatic rings. The minimum absolute atomic E-state index is 0.132. The number of benzene rings is 1. The lowest BCUT2D eigenvalue weighted by Crippen LogP contribution is -2.40. The molecule has 3 heterocycles. The Hall–Kier alpha value is -1.78. The van der Waals surface area contributed by atoms with Crippen LogP contribution in [0.5, 0.6) is 0 Å². The highest BCUT2D eigenvalue weighted by molar-refractivity contribution is 7.92. The number of halogens is 2. The first-order chi connectivity index (χ1) is 14.3. The monoisotopic (exact) mass is 469 g/mol. The van der Waals surface area contributed by atoms with Crippen molar-refractivity contribution in [2.45, 2.75) is 31.3 Å². The van der Waals surface area contributed by atoms with Crippen LogP contribution < -0.4 is 14.9 Å². The second-order valence-corrected chi connectivity index (χ2v) is 10.6. The normalized spacial score (nSPS) is 22.5. The number of sulfonamides is 1. The molecule has 1 aromatic heterocycles. The topological polar surface area (TPSA) is 78.5 Å². The molecule has 2 aliphatic heterocycles. The molecule has 30 heavy (non-hydrogen) atoms. The van der Waals surface area contributed by atoms with Gasteiger partial charge in [0.25, 0.3) is 0 Å². The molecule has 6 nitrogen and oxygen atoms in total. The van der Waals surface area contributed by atoms with Crippen LogP contribution in [-0.2, 0) is 14.8 Å². The zero-order chi connectivity index (χ0) is 21.3. The van der Waals surface area contributed by atoms with Gasteiger partial charge in [0.1, 0.15) is 11.9 Å². The average molecular weight is 470 g/mol. The second kappa shape index (κ2) is 8.76. The summed E-state index contributed by atoms with van der Waals surface area (Å²) in [5.74, 6) is -0.940. The Balaban J connectivity index is 1.44. The Morgan fingerprint density at radius 2 is 2.10 bits per heavy atom. The van der Waals surface area contributed by atoms with Gasteiger partial charge >= 0.3 is 0 Å². The second-order valence-electron chi connectivity index (χ2n) is 7.30. The first-order valence-electron chi connectivity index (χ1n) is 9.62. The summed E-state index contributed by atoms with van der Waals surface area (Å²) in [5, 5.41) is 4.33. The van der Waals surface area contributed by atoms with Crippen molar-refractivity contribution < 1.29 is 17.6 Å². The molecule has 0 unspecified atom stereocenters. The highest BCUT2D eigenvalue weighted by Crippen LogP contribution is 2.30. The van der Waals surface area contributed by atoms with E-state index in [2.05, 4.69) is 10.0 Å². The molecule has 10 heteroatoms. The number of hydrogen-bond acceptors (Lipinski definition) is 5. The maximum atomic E-state index is 14.7.